The molecule has 2 aromatic rings. The van der Waals surface area contributed by atoms with Crippen LogP contribution in [-0.2, 0) is 6.54 Å². The maximum absolute atomic E-state index is 12.3. The van der Waals surface area contributed by atoms with Crippen LogP contribution in [0.25, 0.3) is 0 Å². The number of rotatable bonds is 1. The molecule has 0 atom stereocenters. The van der Waals surface area contributed by atoms with Gasteiger partial charge in [-0.15, -0.1) is 0 Å². The number of nitrogens with zero attached hydrogens (tertiary/aromatic N) is 2. The van der Waals surface area contributed by atoms with Crippen LogP contribution >= 0.6 is 0 Å². The Morgan fingerprint density at radius 2 is 1.61 bits per heavy atom. The number of carbonyl (C=O) groups excluding carboxylic acids is 1. The van der Waals surface area contributed by atoms with E-state index in [9.17, 15) is 4.79 Å². The third-order valence-corrected chi connectivity index (χ3v) is 3.17. The van der Waals surface area contributed by atoms with Crippen molar-refractivity contribution >= 4 is 17.4 Å². The van der Waals surface area contributed by atoms with Gasteiger partial charge in [0.1, 0.15) is 0 Å². The van der Waals surface area contributed by atoms with Crippen LogP contribution < -0.4 is 4.90 Å². The molecule has 0 N–H and O–H groups in total. The third kappa shape index (κ3) is 1.64. The molecule has 90 valence electrons. The number of fused-ring (bicyclic) bond motifs is 1. The van der Waals surface area contributed by atoms with E-state index in [-0.39, 0.29) is 6.03 Å². The molecule has 1 aliphatic heterocycles. The largest absolute Gasteiger partial charge is 0.329 e. The average molecular weight is 238 g/mol. The molecule has 0 aromatic heterocycles. The fourth-order valence-corrected chi connectivity index (χ4v) is 2.29. The molecule has 0 spiro atoms. The van der Waals surface area contributed by atoms with Crippen LogP contribution in [0, 0.1) is 0 Å². The van der Waals surface area contributed by atoms with E-state index in [2.05, 4.69) is 6.07 Å². The highest BCUT2D eigenvalue weighted by Gasteiger charge is 2.28. The first kappa shape index (κ1) is 10.8. The van der Waals surface area contributed by atoms with Gasteiger partial charge in [-0.05, 0) is 23.8 Å². The summed E-state index contributed by atoms with van der Waals surface area (Å²) in [6, 6.07) is 17.8. The summed E-state index contributed by atoms with van der Waals surface area (Å²) in [5.41, 5.74) is 3.05. The number of para-hydroxylation sites is 2. The van der Waals surface area contributed by atoms with Gasteiger partial charge in [-0.3, -0.25) is 4.90 Å². The summed E-state index contributed by atoms with van der Waals surface area (Å²) >= 11 is 0. The zero-order chi connectivity index (χ0) is 12.5. The third-order valence-electron chi connectivity index (χ3n) is 3.17. The molecular weight excluding hydrogens is 224 g/mol. The standard InChI is InChI=1S/C15H14N2O/c1-16-11-12-7-5-6-10-14(12)17(15(16)18)13-8-3-2-4-9-13/h2-10H,11H2,1H3. The predicted molar refractivity (Wildman–Crippen MR) is 71.9 cm³/mol. The van der Waals surface area contributed by atoms with Gasteiger partial charge in [0.2, 0.25) is 0 Å². The van der Waals surface area contributed by atoms with E-state index in [0.717, 1.165) is 11.4 Å². The van der Waals surface area contributed by atoms with Gasteiger partial charge in [0.15, 0.2) is 0 Å². The average Bonchev–Trinajstić information content (AvgIpc) is 2.41. The van der Waals surface area contributed by atoms with Gasteiger partial charge in [-0.2, -0.15) is 0 Å². The minimum Gasteiger partial charge on any atom is -0.323 e. The number of benzene rings is 2. The van der Waals surface area contributed by atoms with E-state index in [1.807, 2.05) is 55.6 Å². The highest BCUT2D eigenvalue weighted by atomic mass is 16.2. The van der Waals surface area contributed by atoms with Crippen LogP contribution in [0.4, 0.5) is 16.2 Å². The Kier molecular flexibility index (Phi) is 2.52. The molecule has 2 aromatic carbocycles. The molecule has 18 heavy (non-hydrogen) atoms. The molecule has 3 nitrogen and oxygen atoms in total. The van der Waals surface area contributed by atoms with Crippen LogP contribution in [0.3, 0.4) is 0 Å². The molecule has 0 saturated carbocycles. The fraction of sp³-hybridized carbons (Fsp3) is 0.133. The summed E-state index contributed by atoms with van der Waals surface area (Å²) in [5, 5.41) is 0. The highest BCUT2D eigenvalue weighted by molar-refractivity contribution is 6.01. The summed E-state index contributed by atoms with van der Waals surface area (Å²) < 4.78 is 0. The van der Waals surface area contributed by atoms with Gasteiger partial charge in [0, 0.05) is 13.6 Å². The summed E-state index contributed by atoms with van der Waals surface area (Å²) in [7, 11) is 1.83. The lowest BCUT2D eigenvalue weighted by Gasteiger charge is -2.35. The normalized spacial score (nSPS) is 14.6. The van der Waals surface area contributed by atoms with Crippen molar-refractivity contribution in [3.8, 4) is 0 Å². The molecule has 1 aliphatic rings. The maximum atomic E-state index is 12.3. The quantitative estimate of drug-likeness (QED) is 0.747. The topological polar surface area (TPSA) is 23.6 Å². The lowest BCUT2D eigenvalue weighted by molar-refractivity contribution is 0.213. The van der Waals surface area contributed by atoms with Crippen molar-refractivity contribution in [2.45, 2.75) is 6.54 Å². The first-order chi connectivity index (χ1) is 8.77. The fourth-order valence-electron chi connectivity index (χ4n) is 2.29. The number of hydrogen-bond donors (Lipinski definition) is 0. The molecule has 2 amide bonds. The van der Waals surface area contributed by atoms with E-state index in [4.69, 9.17) is 0 Å². The Hall–Kier alpha value is -2.29. The summed E-state index contributed by atoms with van der Waals surface area (Å²) in [5.74, 6) is 0. The molecule has 0 saturated heterocycles. The van der Waals surface area contributed by atoms with Gasteiger partial charge in [0.25, 0.3) is 0 Å². The van der Waals surface area contributed by atoms with Crippen molar-refractivity contribution < 1.29 is 4.79 Å². The van der Waals surface area contributed by atoms with Crippen molar-refractivity contribution in [3.05, 3.63) is 60.2 Å². The predicted octanol–water partition coefficient (Wildman–Crippen LogP) is 3.39. The van der Waals surface area contributed by atoms with Crippen LogP contribution in [0.15, 0.2) is 54.6 Å². The van der Waals surface area contributed by atoms with Crippen molar-refractivity contribution in [2.75, 3.05) is 11.9 Å². The molecule has 1 heterocycles. The highest BCUT2D eigenvalue weighted by Crippen LogP contribution is 2.33. The number of anilines is 2. The van der Waals surface area contributed by atoms with E-state index >= 15 is 0 Å². The van der Waals surface area contributed by atoms with E-state index in [1.165, 1.54) is 5.56 Å². The van der Waals surface area contributed by atoms with Crippen molar-refractivity contribution in [1.29, 1.82) is 0 Å². The maximum Gasteiger partial charge on any atom is 0.329 e. The molecule has 0 unspecified atom stereocenters. The smallest absolute Gasteiger partial charge is 0.323 e. The van der Waals surface area contributed by atoms with Gasteiger partial charge in [-0.25, -0.2) is 4.79 Å². The lowest BCUT2D eigenvalue weighted by atomic mass is 10.1. The van der Waals surface area contributed by atoms with Gasteiger partial charge >= 0.3 is 6.03 Å². The molecule has 3 rings (SSSR count). The van der Waals surface area contributed by atoms with Crippen LogP contribution in [0.5, 0.6) is 0 Å². The minimum atomic E-state index is 0.0138. The Morgan fingerprint density at radius 3 is 2.39 bits per heavy atom. The summed E-state index contributed by atoms with van der Waals surface area (Å²) in [6.45, 7) is 0.665. The van der Waals surface area contributed by atoms with Crippen LogP contribution in [0.2, 0.25) is 0 Å². The van der Waals surface area contributed by atoms with Gasteiger partial charge < -0.3 is 4.90 Å². The Bertz CT molecular complexity index is 580. The second-order valence-electron chi connectivity index (χ2n) is 4.44. The molecule has 0 radical (unpaired) electrons. The van der Waals surface area contributed by atoms with Crippen molar-refractivity contribution in [3.63, 3.8) is 0 Å². The van der Waals surface area contributed by atoms with Crippen molar-refractivity contribution in [2.24, 2.45) is 0 Å². The van der Waals surface area contributed by atoms with E-state index in [0.29, 0.717) is 6.54 Å². The van der Waals surface area contributed by atoms with Crippen LogP contribution in [-0.4, -0.2) is 18.0 Å². The molecular formula is C15H14N2O. The zero-order valence-corrected chi connectivity index (χ0v) is 10.2. The van der Waals surface area contributed by atoms with E-state index in [1.54, 1.807) is 9.80 Å². The second kappa shape index (κ2) is 4.18. The first-order valence-corrected chi connectivity index (χ1v) is 5.95. The zero-order valence-electron chi connectivity index (χ0n) is 10.2. The SMILES string of the molecule is CN1Cc2ccccc2N(c2ccccc2)C1=O. The first-order valence-electron chi connectivity index (χ1n) is 5.95. The summed E-state index contributed by atoms with van der Waals surface area (Å²) in [4.78, 5) is 15.8. The van der Waals surface area contributed by atoms with Gasteiger partial charge in [0.05, 0.1) is 11.4 Å². The molecule has 3 heteroatoms. The Morgan fingerprint density at radius 1 is 0.944 bits per heavy atom. The number of urea groups is 1. The lowest BCUT2D eigenvalue weighted by Crippen LogP contribution is -2.42. The molecule has 0 fully saturated rings. The second-order valence-corrected chi connectivity index (χ2v) is 4.44. The molecule has 0 aliphatic carbocycles. The van der Waals surface area contributed by atoms with Crippen molar-refractivity contribution in [1.82, 2.24) is 4.90 Å². The van der Waals surface area contributed by atoms with E-state index < -0.39 is 0 Å². The van der Waals surface area contributed by atoms with Crippen LogP contribution in [0.1, 0.15) is 5.56 Å². The number of hydrogen-bond acceptors (Lipinski definition) is 1. The molecule has 0 bridgehead atoms. The number of amides is 2. The Balaban J connectivity index is 2.15. The number of carbonyl (C=O) groups is 1. The minimum absolute atomic E-state index is 0.0138. The van der Waals surface area contributed by atoms with Gasteiger partial charge in [-0.1, -0.05) is 36.4 Å². The monoisotopic (exact) mass is 238 g/mol. The summed E-state index contributed by atoms with van der Waals surface area (Å²) in [6.07, 6.45) is 0. The Labute approximate surface area is 106 Å².